The van der Waals surface area contributed by atoms with Gasteiger partial charge in [-0.1, -0.05) is 6.07 Å². The van der Waals surface area contributed by atoms with Crippen LogP contribution in [0.15, 0.2) is 36.4 Å². The summed E-state index contributed by atoms with van der Waals surface area (Å²) in [5.74, 6) is -1.44. The summed E-state index contributed by atoms with van der Waals surface area (Å²) in [4.78, 5) is 27.8. The Labute approximate surface area is 226 Å². The van der Waals surface area contributed by atoms with Crippen LogP contribution in [0.4, 0.5) is 8.78 Å². The molecule has 2 fully saturated rings. The number of hydrogen-bond acceptors (Lipinski definition) is 6. The molecule has 0 radical (unpaired) electrons. The Morgan fingerprint density at radius 1 is 1.21 bits per heavy atom. The van der Waals surface area contributed by atoms with Gasteiger partial charge in [-0.25, -0.2) is 8.78 Å². The summed E-state index contributed by atoms with van der Waals surface area (Å²) in [5.41, 5.74) is 5.06. The average Bonchev–Trinajstić information content (AvgIpc) is 3.29. The largest absolute Gasteiger partial charge is 0.493 e. The lowest BCUT2D eigenvalue weighted by molar-refractivity contribution is -0.121. The minimum absolute atomic E-state index is 0.0113. The van der Waals surface area contributed by atoms with Gasteiger partial charge in [0.05, 0.1) is 29.9 Å². The van der Waals surface area contributed by atoms with E-state index < -0.39 is 35.4 Å². The Morgan fingerprint density at radius 3 is 2.54 bits per heavy atom. The summed E-state index contributed by atoms with van der Waals surface area (Å²) in [6.07, 6.45) is 0.909. The van der Waals surface area contributed by atoms with Gasteiger partial charge in [-0.3, -0.25) is 9.59 Å². The molecule has 2 amide bonds. The van der Waals surface area contributed by atoms with Crippen LogP contribution in [0, 0.1) is 23.1 Å². The van der Waals surface area contributed by atoms with Crippen molar-refractivity contribution in [2.45, 2.75) is 50.9 Å². The van der Waals surface area contributed by atoms with E-state index >= 15 is 4.39 Å². The van der Waals surface area contributed by atoms with Crippen molar-refractivity contribution in [2.75, 3.05) is 32.8 Å². The molecular formula is C29H34F2N4O4. The summed E-state index contributed by atoms with van der Waals surface area (Å²) in [5, 5.41) is 19.6. The minimum Gasteiger partial charge on any atom is -0.493 e. The number of amides is 2. The molecule has 2 atom stereocenters. The second kappa shape index (κ2) is 11.7. The molecule has 0 aromatic heterocycles. The second-order valence-electron chi connectivity index (χ2n) is 11.0. The number of benzene rings is 2. The number of nitriles is 1. The topological polar surface area (TPSA) is 120 Å². The number of piperidine rings is 1. The molecule has 0 spiro atoms. The van der Waals surface area contributed by atoms with Crippen molar-refractivity contribution < 1.29 is 28.2 Å². The van der Waals surface area contributed by atoms with Crippen LogP contribution in [0.2, 0.25) is 0 Å². The predicted octanol–water partition coefficient (Wildman–Crippen LogP) is 3.26. The molecule has 2 aromatic rings. The highest BCUT2D eigenvalue weighted by atomic mass is 19.1. The number of β-amino-alcohol motifs (C(OH)–C–C–N with tert-alkyl or cyclic N) is 1. The van der Waals surface area contributed by atoms with Crippen molar-refractivity contribution in [3.63, 3.8) is 0 Å². The van der Waals surface area contributed by atoms with E-state index in [-0.39, 0.29) is 18.5 Å². The lowest BCUT2D eigenvalue weighted by Crippen LogP contribution is -2.44. The van der Waals surface area contributed by atoms with E-state index in [9.17, 15) is 24.3 Å². The fourth-order valence-electron chi connectivity index (χ4n) is 5.33. The molecule has 2 saturated heterocycles. The zero-order valence-corrected chi connectivity index (χ0v) is 22.2. The quantitative estimate of drug-likeness (QED) is 0.531. The van der Waals surface area contributed by atoms with Crippen molar-refractivity contribution in [3.05, 3.63) is 53.3 Å². The number of aliphatic hydroxyl groups is 1. The molecular weight excluding hydrogens is 506 g/mol. The van der Waals surface area contributed by atoms with Crippen molar-refractivity contribution >= 4 is 11.8 Å². The van der Waals surface area contributed by atoms with Gasteiger partial charge in [-0.2, -0.15) is 5.26 Å². The molecule has 0 aliphatic carbocycles. The molecule has 8 nitrogen and oxygen atoms in total. The van der Waals surface area contributed by atoms with Gasteiger partial charge in [0.2, 0.25) is 5.91 Å². The molecule has 0 unspecified atom stereocenters. The number of nitrogens with zero attached hydrogens (tertiary/aromatic N) is 3. The zero-order chi connectivity index (χ0) is 28.3. The molecule has 39 heavy (non-hydrogen) atoms. The van der Waals surface area contributed by atoms with Crippen molar-refractivity contribution in [1.82, 2.24) is 9.80 Å². The Balaban J connectivity index is 1.42. The number of carbonyl (C=O) groups excluding carboxylic acids is 2. The monoisotopic (exact) mass is 540 g/mol. The van der Waals surface area contributed by atoms with E-state index in [1.807, 2.05) is 0 Å². The molecule has 2 aliphatic heterocycles. The maximum atomic E-state index is 15.1. The molecule has 10 heteroatoms. The lowest BCUT2D eigenvalue weighted by Gasteiger charge is -2.34. The lowest BCUT2D eigenvalue weighted by atomic mass is 9.96. The van der Waals surface area contributed by atoms with Crippen LogP contribution in [-0.4, -0.2) is 77.3 Å². The maximum Gasteiger partial charge on any atom is 0.257 e. The van der Waals surface area contributed by atoms with Crippen molar-refractivity contribution in [3.8, 4) is 22.9 Å². The second-order valence-corrected chi connectivity index (χ2v) is 11.0. The molecule has 2 heterocycles. The number of likely N-dealkylation sites (tertiary alicyclic amines) is 2. The fourth-order valence-corrected chi connectivity index (χ4v) is 5.33. The highest BCUT2D eigenvalue weighted by molar-refractivity contribution is 5.98. The van der Waals surface area contributed by atoms with E-state index in [0.29, 0.717) is 41.5 Å². The summed E-state index contributed by atoms with van der Waals surface area (Å²) in [6.45, 7) is 5.59. The Hall–Kier alpha value is -3.55. The number of alkyl halides is 1. The van der Waals surface area contributed by atoms with E-state index in [4.69, 9.17) is 10.5 Å². The van der Waals surface area contributed by atoms with Gasteiger partial charge in [0, 0.05) is 19.5 Å². The standard InChI is InChI=1S/C29H34F2N4O4/c1-29(2,31)17-34-9-7-18(8-10-34)16-39-22-4-6-23(20(11-22)14-32)19-3-5-24(25(30)12-19)28(38)35-15-21(36)13-26(35)27(33)37/h3-6,11-12,18,21,26,36H,7-10,13,15-17H2,1-2H3,(H2,33,37)/t21-,26+/m1/s1. The van der Waals surface area contributed by atoms with Gasteiger partial charge in [0.1, 0.15) is 23.3 Å². The smallest absolute Gasteiger partial charge is 0.257 e. The number of aliphatic hydroxyl groups excluding tert-OH is 1. The van der Waals surface area contributed by atoms with Gasteiger partial charge >= 0.3 is 0 Å². The highest BCUT2D eigenvalue weighted by Gasteiger charge is 2.38. The SMILES string of the molecule is CC(C)(F)CN1CCC(COc2ccc(-c3ccc(C(=O)N4C[C@H](O)C[C@H]4C(N)=O)c(F)c3)c(C#N)c2)CC1. The average molecular weight is 541 g/mol. The third kappa shape index (κ3) is 6.91. The van der Waals surface area contributed by atoms with Gasteiger partial charge < -0.3 is 25.4 Å². The fraction of sp³-hybridized carbons (Fsp3) is 0.483. The number of nitrogens with two attached hydrogens (primary N) is 1. The first-order chi connectivity index (χ1) is 18.4. The van der Waals surface area contributed by atoms with Crippen molar-refractivity contribution in [1.29, 1.82) is 5.26 Å². The molecule has 2 aliphatic rings. The predicted molar refractivity (Wildman–Crippen MR) is 141 cm³/mol. The van der Waals surface area contributed by atoms with Gasteiger partial charge in [0.25, 0.3) is 5.91 Å². The summed E-state index contributed by atoms with van der Waals surface area (Å²) >= 11 is 0. The molecule has 2 aromatic carbocycles. The molecule has 208 valence electrons. The van der Waals surface area contributed by atoms with Crippen LogP contribution < -0.4 is 10.5 Å². The first-order valence-electron chi connectivity index (χ1n) is 13.1. The Kier molecular flexibility index (Phi) is 8.52. The number of halogens is 2. The van der Waals surface area contributed by atoms with Gasteiger partial charge in [-0.05, 0) is 87.2 Å². The number of hydrogen-bond donors (Lipinski definition) is 2. The maximum absolute atomic E-state index is 15.1. The van der Waals surface area contributed by atoms with Crippen LogP contribution >= 0.6 is 0 Å². The van der Waals surface area contributed by atoms with E-state index in [1.165, 1.54) is 18.2 Å². The normalized spacial score (nSPS) is 20.6. The number of primary amides is 1. The summed E-state index contributed by atoms with van der Waals surface area (Å²) in [6, 6.07) is 10.1. The van der Waals surface area contributed by atoms with Gasteiger partial charge in [0.15, 0.2) is 0 Å². The Bertz CT molecular complexity index is 1260. The van der Waals surface area contributed by atoms with E-state index in [0.717, 1.165) is 30.8 Å². The number of ether oxygens (including phenoxy) is 1. The number of rotatable bonds is 8. The van der Waals surface area contributed by atoms with Crippen molar-refractivity contribution in [2.24, 2.45) is 11.7 Å². The molecule has 3 N–H and O–H groups in total. The number of carbonyl (C=O) groups is 2. The van der Waals surface area contributed by atoms with E-state index in [1.54, 1.807) is 32.0 Å². The van der Waals surface area contributed by atoms with Crippen LogP contribution in [0.1, 0.15) is 49.0 Å². The highest BCUT2D eigenvalue weighted by Crippen LogP contribution is 2.30. The third-order valence-electron chi connectivity index (χ3n) is 7.28. The van der Waals surface area contributed by atoms with Gasteiger partial charge in [-0.15, -0.1) is 0 Å². The summed E-state index contributed by atoms with van der Waals surface area (Å²) in [7, 11) is 0. The molecule has 0 saturated carbocycles. The summed E-state index contributed by atoms with van der Waals surface area (Å²) < 4.78 is 34.9. The van der Waals surface area contributed by atoms with Crippen LogP contribution in [0.25, 0.3) is 11.1 Å². The third-order valence-corrected chi connectivity index (χ3v) is 7.28. The first kappa shape index (κ1) is 28.5. The zero-order valence-electron chi connectivity index (χ0n) is 22.2. The molecule has 4 rings (SSSR count). The van der Waals surface area contributed by atoms with E-state index in [2.05, 4.69) is 11.0 Å². The van der Waals surface area contributed by atoms with Crippen LogP contribution in [0.3, 0.4) is 0 Å². The first-order valence-corrected chi connectivity index (χ1v) is 13.1. The molecule has 0 bridgehead atoms. The van der Waals surface area contributed by atoms with Crippen LogP contribution in [-0.2, 0) is 4.79 Å². The minimum atomic E-state index is -1.22. The Morgan fingerprint density at radius 2 is 1.92 bits per heavy atom. The van der Waals surface area contributed by atoms with Crippen LogP contribution in [0.5, 0.6) is 5.75 Å².